The maximum absolute atomic E-state index is 8.76. The summed E-state index contributed by atoms with van der Waals surface area (Å²) >= 11 is 1.41. The first-order valence-electron chi connectivity index (χ1n) is 7.59. The van der Waals surface area contributed by atoms with Gasteiger partial charge in [-0.2, -0.15) is 5.26 Å². The van der Waals surface area contributed by atoms with Crippen molar-refractivity contribution < 1.29 is 4.42 Å². The molecule has 2 heterocycles. The number of benzene rings is 1. The monoisotopic (exact) mass is 328 g/mol. The zero-order chi connectivity index (χ0) is 16.6. The fourth-order valence-corrected chi connectivity index (χ4v) is 3.52. The highest BCUT2D eigenvalue weighted by Gasteiger charge is 2.31. The van der Waals surface area contributed by atoms with Gasteiger partial charge in [0, 0.05) is 29.5 Å². The van der Waals surface area contributed by atoms with Crippen LogP contribution in [0.5, 0.6) is 0 Å². The normalized spacial score (nSPS) is 22.0. The van der Waals surface area contributed by atoms with E-state index in [1.807, 2.05) is 24.6 Å². The number of thioether (sulfide) groups is 1. The van der Waals surface area contributed by atoms with Crippen molar-refractivity contribution in [2.75, 3.05) is 19.8 Å². The molecule has 0 spiro atoms. The van der Waals surface area contributed by atoms with Gasteiger partial charge in [-0.05, 0) is 38.4 Å². The van der Waals surface area contributed by atoms with E-state index in [0.29, 0.717) is 17.1 Å². The van der Waals surface area contributed by atoms with Crippen LogP contribution < -0.4 is 5.32 Å². The van der Waals surface area contributed by atoms with Gasteiger partial charge in [-0.15, -0.1) is 0 Å². The van der Waals surface area contributed by atoms with Gasteiger partial charge >= 0.3 is 0 Å². The molecule has 1 aliphatic heterocycles. The third-order valence-electron chi connectivity index (χ3n) is 4.41. The maximum atomic E-state index is 8.76. The summed E-state index contributed by atoms with van der Waals surface area (Å²) in [6.45, 7) is 5.41. The molecule has 0 saturated heterocycles. The van der Waals surface area contributed by atoms with Crippen molar-refractivity contribution in [3.05, 3.63) is 29.5 Å². The van der Waals surface area contributed by atoms with E-state index in [1.165, 1.54) is 17.3 Å². The standard InChI is InChI=1S/C17H20N4OS/c1-10-8-21(3)11(2)15-13-7-12(20-17(23-4)19-9-18)5-6-14(13)22-16(10)15/h5-7,10-11H,8H2,1-4H3,(H,19,20). The molecule has 6 heteroatoms. The third-order valence-corrected chi connectivity index (χ3v) is 4.99. The number of furan rings is 1. The SMILES string of the molecule is CSC(=Nc1ccc2oc3c(c2c1)C(C)N(C)CC3C)NC#N. The first-order chi connectivity index (χ1) is 11.0. The van der Waals surface area contributed by atoms with Crippen molar-refractivity contribution in [2.24, 2.45) is 4.99 Å². The Balaban J connectivity index is 2.12. The number of nitrogens with zero attached hydrogens (tertiary/aromatic N) is 3. The summed E-state index contributed by atoms with van der Waals surface area (Å²) in [5, 5.41) is 13.1. The summed E-state index contributed by atoms with van der Waals surface area (Å²) in [6, 6.07) is 6.26. The van der Waals surface area contributed by atoms with E-state index in [-0.39, 0.29) is 0 Å². The van der Waals surface area contributed by atoms with Crippen molar-refractivity contribution in [3.63, 3.8) is 0 Å². The molecule has 5 nitrogen and oxygen atoms in total. The first kappa shape index (κ1) is 15.9. The van der Waals surface area contributed by atoms with Crippen LogP contribution in [0.15, 0.2) is 27.6 Å². The zero-order valence-corrected chi connectivity index (χ0v) is 14.6. The number of hydrogen-bond donors (Lipinski definition) is 1. The average molecular weight is 328 g/mol. The molecule has 1 aliphatic rings. The molecule has 0 saturated carbocycles. The highest BCUT2D eigenvalue weighted by atomic mass is 32.2. The Bertz CT molecular complexity index is 805. The van der Waals surface area contributed by atoms with Gasteiger partial charge in [0.25, 0.3) is 0 Å². The number of hydrogen-bond acceptors (Lipinski definition) is 5. The lowest BCUT2D eigenvalue weighted by Crippen LogP contribution is -2.31. The second kappa shape index (κ2) is 6.26. The van der Waals surface area contributed by atoms with E-state index >= 15 is 0 Å². The second-order valence-electron chi connectivity index (χ2n) is 5.93. The molecule has 0 bridgehead atoms. The molecule has 1 N–H and O–H groups in total. The van der Waals surface area contributed by atoms with E-state index < -0.39 is 0 Å². The van der Waals surface area contributed by atoms with Crippen LogP contribution in [0, 0.1) is 11.5 Å². The topological polar surface area (TPSA) is 64.6 Å². The third kappa shape index (κ3) is 2.82. The number of nitrogens with one attached hydrogen (secondary N) is 1. The minimum atomic E-state index is 0.318. The molecule has 2 aromatic rings. The fraction of sp³-hybridized carbons (Fsp3) is 0.412. The molecule has 0 radical (unpaired) electrons. The lowest BCUT2D eigenvalue weighted by atomic mass is 9.92. The van der Waals surface area contributed by atoms with Crippen molar-refractivity contribution in [1.29, 1.82) is 5.26 Å². The Morgan fingerprint density at radius 2 is 2.26 bits per heavy atom. The van der Waals surface area contributed by atoms with Gasteiger partial charge in [-0.3, -0.25) is 10.2 Å². The van der Waals surface area contributed by atoms with Gasteiger partial charge in [0.15, 0.2) is 11.4 Å². The highest BCUT2D eigenvalue weighted by molar-refractivity contribution is 8.13. The largest absolute Gasteiger partial charge is 0.460 e. The van der Waals surface area contributed by atoms with Crippen molar-refractivity contribution in [1.82, 2.24) is 10.2 Å². The Labute approximate surface area is 140 Å². The molecule has 1 aromatic heterocycles. The van der Waals surface area contributed by atoms with Crippen LogP contribution in [-0.4, -0.2) is 29.9 Å². The summed E-state index contributed by atoms with van der Waals surface area (Å²) in [5.74, 6) is 1.47. The summed E-state index contributed by atoms with van der Waals surface area (Å²) < 4.78 is 6.11. The van der Waals surface area contributed by atoms with Crippen LogP contribution in [0.3, 0.4) is 0 Å². The molecule has 2 unspecified atom stereocenters. The van der Waals surface area contributed by atoms with Crippen molar-refractivity contribution >= 4 is 33.6 Å². The number of aliphatic imine (C=N–C) groups is 1. The molecule has 0 amide bonds. The molecule has 120 valence electrons. The minimum Gasteiger partial charge on any atom is -0.460 e. The van der Waals surface area contributed by atoms with Gasteiger partial charge in [-0.1, -0.05) is 18.7 Å². The van der Waals surface area contributed by atoms with Crippen LogP contribution in [0.4, 0.5) is 5.69 Å². The van der Waals surface area contributed by atoms with Crippen LogP contribution in [0.2, 0.25) is 0 Å². The fourth-order valence-electron chi connectivity index (χ4n) is 3.17. The lowest BCUT2D eigenvalue weighted by molar-refractivity contribution is 0.215. The summed E-state index contributed by atoms with van der Waals surface area (Å²) in [6.07, 6.45) is 3.80. The van der Waals surface area contributed by atoms with Gasteiger partial charge < -0.3 is 4.42 Å². The quantitative estimate of drug-likeness (QED) is 0.371. The Hall–Kier alpha value is -1.97. The second-order valence-corrected chi connectivity index (χ2v) is 6.73. The van der Waals surface area contributed by atoms with Gasteiger partial charge in [0.05, 0.1) is 5.69 Å². The maximum Gasteiger partial charge on any atom is 0.183 e. The van der Waals surface area contributed by atoms with Gasteiger partial charge in [0.1, 0.15) is 11.3 Å². The van der Waals surface area contributed by atoms with E-state index in [4.69, 9.17) is 9.68 Å². The molecule has 2 atom stereocenters. The Morgan fingerprint density at radius 1 is 1.48 bits per heavy atom. The van der Waals surface area contributed by atoms with E-state index in [9.17, 15) is 0 Å². The van der Waals surface area contributed by atoms with E-state index in [2.05, 4.69) is 42.2 Å². The van der Waals surface area contributed by atoms with E-state index in [1.54, 1.807) is 0 Å². The Kier molecular flexibility index (Phi) is 4.33. The first-order valence-corrected chi connectivity index (χ1v) is 8.82. The van der Waals surface area contributed by atoms with Crippen LogP contribution in [0.25, 0.3) is 11.0 Å². The Morgan fingerprint density at radius 3 is 2.96 bits per heavy atom. The molecule has 23 heavy (non-hydrogen) atoms. The number of amidine groups is 1. The molecule has 3 rings (SSSR count). The number of rotatable bonds is 1. The average Bonchev–Trinajstić information content (AvgIpc) is 2.91. The summed E-state index contributed by atoms with van der Waals surface area (Å²) in [5.41, 5.74) is 2.99. The van der Waals surface area contributed by atoms with Gasteiger partial charge in [0.2, 0.25) is 0 Å². The number of likely N-dealkylation sites (N-methyl/N-ethyl adjacent to an activating group) is 1. The predicted octanol–water partition coefficient (Wildman–Crippen LogP) is 3.96. The molecule has 0 aliphatic carbocycles. The lowest BCUT2D eigenvalue weighted by Gasteiger charge is -2.32. The molecular formula is C17H20N4OS. The summed E-state index contributed by atoms with van der Waals surface area (Å²) in [4.78, 5) is 6.85. The van der Waals surface area contributed by atoms with E-state index in [0.717, 1.165) is 29.0 Å². The highest BCUT2D eigenvalue weighted by Crippen LogP contribution is 2.42. The summed E-state index contributed by atoms with van der Waals surface area (Å²) in [7, 11) is 2.15. The van der Waals surface area contributed by atoms with Crippen LogP contribution in [0.1, 0.15) is 37.1 Å². The van der Waals surface area contributed by atoms with Crippen LogP contribution >= 0.6 is 11.8 Å². The van der Waals surface area contributed by atoms with Crippen molar-refractivity contribution in [2.45, 2.75) is 25.8 Å². The molecule has 1 aromatic carbocycles. The molecule has 0 fully saturated rings. The molecular weight excluding hydrogens is 308 g/mol. The minimum absolute atomic E-state index is 0.318. The van der Waals surface area contributed by atoms with Gasteiger partial charge in [-0.25, -0.2) is 4.99 Å². The number of nitriles is 1. The van der Waals surface area contributed by atoms with Crippen molar-refractivity contribution in [3.8, 4) is 6.19 Å². The smallest absolute Gasteiger partial charge is 0.183 e. The predicted molar refractivity (Wildman–Crippen MR) is 95.0 cm³/mol. The van der Waals surface area contributed by atoms with Crippen LogP contribution in [-0.2, 0) is 0 Å². The number of fused-ring (bicyclic) bond motifs is 3. The zero-order valence-electron chi connectivity index (χ0n) is 13.8.